The molecule has 2 rings (SSSR count). The van der Waals surface area contributed by atoms with Gasteiger partial charge in [0.25, 0.3) is 0 Å². The van der Waals surface area contributed by atoms with E-state index in [1.807, 2.05) is 18.2 Å². The van der Waals surface area contributed by atoms with Crippen LogP contribution in [0, 0.1) is 0 Å². The second-order valence-corrected chi connectivity index (χ2v) is 5.76. The minimum atomic E-state index is 0.780. The average molecular weight is 308 g/mol. The first-order chi connectivity index (χ1) is 8.19. The van der Waals surface area contributed by atoms with Gasteiger partial charge in [0.05, 0.1) is 0 Å². The number of hydrogen-bond acceptors (Lipinski definition) is 2. The lowest BCUT2D eigenvalue weighted by atomic mass is 10.2. The van der Waals surface area contributed by atoms with E-state index in [0.717, 1.165) is 16.6 Å². The summed E-state index contributed by atoms with van der Waals surface area (Å²) in [5.41, 5.74) is 7.87. The van der Waals surface area contributed by atoms with Crippen LogP contribution in [0.2, 0.25) is 0 Å². The van der Waals surface area contributed by atoms with Gasteiger partial charge in [-0.2, -0.15) is 0 Å². The second kappa shape index (κ2) is 5.61. The SMILES string of the molecule is CCc1ccc(Sc2ccc(N)cc2Br)cc1. The molecule has 1 nitrogen and oxygen atoms in total. The Labute approximate surface area is 115 Å². The zero-order chi connectivity index (χ0) is 12.3. The Hall–Kier alpha value is -0.930. The lowest BCUT2D eigenvalue weighted by Gasteiger charge is -2.06. The summed E-state index contributed by atoms with van der Waals surface area (Å²) < 4.78 is 1.04. The van der Waals surface area contributed by atoms with Crippen LogP contribution in [0.1, 0.15) is 12.5 Å². The van der Waals surface area contributed by atoms with Crippen LogP contribution in [-0.4, -0.2) is 0 Å². The van der Waals surface area contributed by atoms with Gasteiger partial charge in [-0.15, -0.1) is 0 Å². The van der Waals surface area contributed by atoms with Crippen LogP contribution in [0.4, 0.5) is 5.69 Å². The maximum atomic E-state index is 5.72. The van der Waals surface area contributed by atoms with Crippen molar-refractivity contribution < 1.29 is 0 Å². The number of nitrogen functional groups attached to an aromatic ring is 1. The Kier molecular flexibility index (Phi) is 4.13. The number of anilines is 1. The Bertz CT molecular complexity index is 508. The molecule has 2 N–H and O–H groups in total. The molecule has 0 spiro atoms. The molecular weight excluding hydrogens is 294 g/mol. The van der Waals surface area contributed by atoms with Gasteiger partial charge in [-0.05, 0) is 58.2 Å². The highest BCUT2D eigenvalue weighted by atomic mass is 79.9. The number of benzene rings is 2. The normalized spacial score (nSPS) is 10.5. The number of halogens is 1. The third-order valence-corrected chi connectivity index (χ3v) is 4.52. The van der Waals surface area contributed by atoms with Gasteiger partial charge in [0.1, 0.15) is 0 Å². The molecule has 0 aliphatic rings. The summed E-state index contributed by atoms with van der Waals surface area (Å²) >= 11 is 5.27. The van der Waals surface area contributed by atoms with E-state index in [4.69, 9.17) is 5.73 Å². The maximum Gasteiger partial charge on any atom is 0.0335 e. The van der Waals surface area contributed by atoms with Gasteiger partial charge in [0.15, 0.2) is 0 Å². The van der Waals surface area contributed by atoms with Crippen LogP contribution in [-0.2, 0) is 6.42 Å². The fourth-order valence-corrected chi connectivity index (χ4v) is 2.98. The van der Waals surface area contributed by atoms with Crippen molar-refractivity contribution in [3.63, 3.8) is 0 Å². The number of aryl methyl sites for hydroxylation is 1. The largest absolute Gasteiger partial charge is 0.399 e. The summed E-state index contributed by atoms with van der Waals surface area (Å²) in [7, 11) is 0. The Balaban J connectivity index is 2.19. The van der Waals surface area contributed by atoms with E-state index in [2.05, 4.69) is 47.1 Å². The molecule has 0 aliphatic heterocycles. The Morgan fingerprint density at radius 1 is 1.12 bits per heavy atom. The minimum Gasteiger partial charge on any atom is -0.399 e. The van der Waals surface area contributed by atoms with Gasteiger partial charge in [0.2, 0.25) is 0 Å². The smallest absolute Gasteiger partial charge is 0.0335 e. The van der Waals surface area contributed by atoms with Crippen molar-refractivity contribution in [3.8, 4) is 0 Å². The van der Waals surface area contributed by atoms with E-state index >= 15 is 0 Å². The molecule has 0 heterocycles. The van der Waals surface area contributed by atoms with Crippen LogP contribution in [0.5, 0.6) is 0 Å². The van der Waals surface area contributed by atoms with E-state index < -0.39 is 0 Å². The molecule has 3 heteroatoms. The van der Waals surface area contributed by atoms with E-state index in [-0.39, 0.29) is 0 Å². The van der Waals surface area contributed by atoms with Gasteiger partial charge in [-0.3, -0.25) is 0 Å². The molecule has 0 aliphatic carbocycles. The molecule has 0 saturated heterocycles. The van der Waals surface area contributed by atoms with Crippen molar-refractivity contribution >= 4 is 33.4 Å². The quantitative estimate of drug-likeness (QED) is 0.828. The lowest BCUT2D eigenvalue weighted by Crippen LogP contribution is -1.85. The standard InChI is InChI=1S/C14H14BrNS/c1-2-10-3-6-12(7-4-10)17-14-8-5-11(16)9-13(14)15/h3-9H,2,16H2,1H3. The number of nitrogens with two attached hydrogens (primary N) is 1. The molecule has 17 heavy (non-hydrogen) atoms. The molecule has 88 valence electrons. The first-order valence-corrected chi connectivity index (χ1v) is 7.12. The third-order valence-electron chi connectivity index (χ3n) is 2.52. The van der Waals surface area contributed by atoms with Crippen LogP contribution >= 0.6 is 27.7 Å². The fourth-order valence-electron chi connectivity index (χ4n) is 1.52. The monoisotopic (exact) mass is 307 g/mol. The third kappa shape index (κ3) is 3.27. The summed E-state index contributed by atoms with van der Waals surface area (Å²) in [4.78, 5) is 2.43. The predicted octanol–water partition coefficient (Wildman–Crippen LogP) is 4.74. The van der Waals surface area contributed by atoms with Crippen molar-refractivity contribution in [3.05, 3.63) is 52.5 Å². The average Bonchev–Trinajstić information content (AvgIpc) is 2.34. The van der Waals surface area contributed by atoms with Crippen molar-refractivity contribution in [1.82, 2.24) is 0 Å². The molecule has 2 aromatic carbocycles. The number of rotatable bonds is 3. The lowest BCUT2D eigenvalue weighted by molar-refractivity contribution is 1.13. The molecule has 0 bridgehead atoms. The van der Waals surface area contributed by atoms with Crippen LogP contribution < -0.4 is 5.73 Å². The highest BCUT2D eigenvalue weighted by Crippen LogP contribution is 2.34. The molecule has 0 fully saturated rings. The minimum absolute atomic E-state index is 0.780. The predicted molar refractivity (Wildman–Crippen MR) is 78.5 cm³/mol. The highest BCUT2D eigenvalue weighted by Gasteiger charge is 2.02. The topological polar surface area (TPSA) is 26.0 Å². The van der Waals surface area contributed by atoms with Gasteiger partial charge in [0, 0.05) is 20.0 Å². The van der Waals surface area contributed by atoms with Crippen LogP contribution in [0.3, 0.4) is 0 Å². The van der Waals surface area contributed by atoms with E-state index in [0.29, 0.717) is 0 Å². The first kappa shape index (κ1) is 12.5. The molecule has 0 atom stereocenters. The van der Waals surface area contributed by atoms with Crippen LogP contribution in [0.25, 0.3) is 0 Å². The molecular formula is C14H14BrNS. The van der Waals surface area contributed by atoms with Gasteiger partial charge >= 0.3 is 0 Å². The maximum absolute atomic E-state index is 5.72. The van der Waals surface area contributed by atoms with Gasteiger partial charge < -0.3 is 5.73 Å². The summed E-state index contributed by atoms with van der Waals surface area (Å²) in [6, 6.07) is 14.6. The fraction of sp³-hybridized carbons (Fsp3) is 0.143. The molecule has 2 aromatic rings. The molecule has 0 unspecified atom stereocenters. The van der Waals surface area contributed by atoms with Gasteiger partial charge in [-0.1, -0.05) is 30.8 Å². The van der Waals surface area contributed by atoms with Crippen molar-refractivity contribution in [1.29, 1.82) is 0 Å². The van der Waals surface area contributed by atoms with Gasteiger partial charge in [-0.25, -0.2) is 0 Å². The molecule has 0 aromatic heterocycles. The van der Waals surface area contributed by atoms with E-state index in [9.17, 15) is 0 Å². The van der Waals surface area contributed by atoms with Crippen molar-refractivity contribution in [2.75, 3.05) is 5.73 Å². The van der Waals surface area contributed by atoms with E-state index in [1.54, 1.807) is 11.8 Å². The number of hydrogen-bond donors (Lipinski definition) is 1. The summed E-state index contributed by atoms with van der Waals surface area (Å²) in [6.45, 7) is 2.17. The zero-order valence-electron chi connectivity index (χ0n) is 9.61. The Morgan fingerprint density at radius 3 is 2.41 bits per heavy atom. The zero-order valence-corrected chi connectivity index (χ0v) is 12.0. The summed E-state index contributed by atoms with van der Waals surface area (Å²) in [6.07, 6.45) is 1.08. The summed E-state index contributed by atoms with van der Waals surface area (Å²) in [5, 5.41) is 0. The van der Waals surface area contributed by atoms with Crippen molar-refractivity contribution in [2.24, 2.45) is 0 Å². The molecule has 0 amide bonds. The molecule has 0 radical (unpaired) electrons. The van der Waals surface area contributed by atoms with Crippen molar-refractivity contribution in [2.45, 2.75) is 23.1 Å². The van der Waals surface area contributed by atoms with Crippen LogP contribution in [0.15, 0.2) is 56.7 Å². The highest BCUT2D eigenvalue weighted by molar-refractivity contribution is 9.10. The Morgan fingerprint density at radius 2 is 1.82 bits per heavy atom. The van der Waals surface area contributed by atoms with E-state index in [1.165, 1.54) is 15.4 Å². The summed E-state index contributed by atoms with van der Waals surface area (Å²) in [5.74, 6) is 0. The second-order valence-electron chi connectivity index (χ2n) is 3.79. The molecule has 0 saturated carbocycles. The first-order valence-electron chi connectivity index (χ1n) is 5.51.